The molecule has 81 valence electrons. The van der Waals surface area contributed by atoms with Crippen molar-refractivity contribution in [2.24, 2.45) is 0 Å². The molecule has 0 unspecified atom stereocenters. The highest BCUT2D eigenvalue weighted by Gasteiger charge is 2.24. The van der Waals surface area contributed by atoms with Gasteiger partial charge in [-0.1, -0.05) is 6.92 Å². The van der Waals surface area contributed by atoms with Gasteiger partial charge in [0.15, 0.2) is 0 Å². The van der Waals surface area contributed by atoms with E-state index in [0.29, 0.717) is 0 Å². The van der Waals surface area contributed by atoms with Crippen molar-refractivity contribution in [1.82, 2.24) is 15.1 Å². The van der Waals surface area contributed by atoms with Crippen LogP contribution in [0.15, 0.2) is 0 Å². The smallest absolute Gasteiger partial charge is 0.0148 e. The van der Waals surface area contributed by atoms with Crippen LogP contribution in [0.1, 0.15) is 19.8 Å². The van der Waals surface area contributed by atoms with E-state index in [2.05, 4.69) is 22.0 Å². The van der Waals surface area contributed by atoms with E-state index >= 15 is 0 Å². The van der Waals surface area contributed by atoms with Crippen LogP contribution in [0.3, 0.4) is 0 Å². The Morgan fingerprint density at radius 2 is 1.71 bits per heavy atom. The summed E-state index contributed by atoms with van der Waals surface area (Å²) < 4.78 is 0. The number of likely N-dealkylation sites (N-methyl/N-ethyl adjacent to an activating group) is 1. The zero-order valence-corrected chi connectivity index (χ0v) is 9.28. The molecular formula is C11H22N3. The number of piperidine rings is 1. The standard InChI is InChI=1S/C11H22N3/c1-2-13-7-9-14(10-8-13)11-3-5-12-6-4-11/h11H,2-10H2,1H3. The molecule has 0 bridgehead atoms. The van der Waals surface area contributed by atoms with Gasteiger partial charge < -0.3 is 4.90 Å². The van der Waals surface area contributed by atoms with Crippen LogP contribution in [0.25, 0.3) is 0 Å². The van der Waals surface area contributed by atoms with Crippen LogP contribution in [-0.2, 0) is 0 Å². The molecule has 2 aliphatic heterocycles. The fourth-order valence-electron chi connectivity index (χ4n) is 2.55. The van der Waals surface area contributed by atoms with Gasteiger partial charge in [0.1, 0.15) is 0 Å². The van der Waals surface area contributed by atoms with E-state index < -0.39 is 0 Å². The normalized spacial score (nSPS) is 28.1. The van der Waals surface area contributed by atoms with Gasteiger partial charge in [0.2, 0.25) is 0 Å². The lowest BCUT2D eigenvalue weighted by Gasteiger charge is -2.40. The molecule has 0 atom stereocenters. The molecule has 2 saturated heterocycles. The predicted molar refractivity (Wildman–Crippen MR) is 58.6 cm³/mol. The van der Waals surface area contributed by atoms with Crippen molar-refractivity contribution in [1.29, 1.82) is 0 Å². The molecule has 2 fully saturated rings. The zero-order valence-electron chi connectivity index (χ0n) is 9.28. The van der Waals surface area contributed by atoms with Crippen LogP contribution in [0.2, 0.25) is 0 Å². The number of hydrogen-bond acceptors (Lipinski definition) is 2. The summed E-state index contributed by atoms with van der Waals surface area (Å²) in [5.41, 5.74) is 0. The average molecular weight is 196 g/mol. The van der Waals surface area contributed by atoms with E-state index in [9.17, 15) is 0 Å². The highest BCUT2D eigenvalue weighted by Crippen LogP contribution is 2.14. The molecule has 0 aromatic heterocycles. The van der Waals surface area contributed by atoms with E-state index in [1.807, 2.05) is 0 Å². The summed E-state index contributed by atoms with van der Waals surface area (Å²) in [5, 5.41) is 4.42. The minimum atomic E-state index is 0.839. The lowest BCUT2D eigenvalue weighted by Crippen LogP contribution is -2.51. The highest BCUT2D eigenvalue weighted by atomic mass is 15.3. The fraction of sp³-hybridized carbons (Fsp3) is 1.00. The first-order valence-corrected chi connectivity index (χ1v) is 6.00. The summed E-state index contributed by atoms with van der Waals surface area (Å²) in [7, 11) is 0. The quantitative estimate of drug-likeness (QED) is 0.637. The van der Waals surface area contributed by atoms with Crippen LogP contribution < -0.4 is 5.32 Å². The van der Waals surface area contributed by atoms with E-state index in [4.69, 9.17) is 0 Å². The van der Waals surface area contributed by atoms with Crippen molar-refractivity contribution in [3.05, 3.63) is 0 Å². The Bertz CT molecular complexity index is 158. The first kappa shape index (κ1) is 10.4. The molecule has 0 spiro atoms. The fourth-order valence-corrected chi connectivity index (χ4v) is 2.55. The van der Waals surface area contributed by atoms with Gasteiger partial charge in [-0.2, -0.15) is 0 Å². The largest absolute Gasteiger partial charge is 0.301 e. The minimum absolute atomic E-state index is 0.839. The van der Waals surface area contributed by atoms with E-state index in [1.165, 1.54) is 45.6 Å². The minimum Gasteiger partial charge on any atom is -0.301 e. The van der Waals surface area contributed by atoms with Crippen molar-refractivity contribution in [3.63, 3.8) is 0 Å². The molecule has 3 heteroatoms. The van der Waals surface area contributed by atoms with Crippen molar-refractivity contribution in [3.8, 4) is 0 Å². The summed E-state index contributed by atoms with van der Waals surface area (Å²) in [6.07, 6.45) is 2.60. The predicted octanol–water partition coefficient (Wildman–Crippen LogP) is 0.391. The number of rotatable bonds is 2. The first-order chi connectivity index (χ1) is 6.90. The lowest BCUT2D eigenvalue weighted by molar-refractivity contribution is 0.0844. The van der Waals surface area contributed by atoms with Gasteiger partial charge in [0, 0.05) is 45.3 Å². The maximum absolute atomic E-state index is 4.42. The molecule has 1 radical (unpaired) electrons. The first-order valence-electron chi connectivity index (χ1n) is 6.00. The third-order valence-electron chi connectivity index (χ3n) is 3.61. The van der Waals surface area contributed by atoms with Crippen molar-refractivity contribution >= 4 is 0 Å². The Balaban J connectivity index is 1.76. The third kappa shape index (κ3) is 2.47. The van der Waals surface area contributed by atoms with Crippen molar-refractivity contribution < 1.29 is 0 Å². The van der Waals surface area contributed by atoms with Gasteiger partial charge in [-0.15, -0.1) is 0 Å². The van der Waals surface area contributed by atoms with Crippen molar-refractivity contribution in [2.45, 2.75) is 25.8 Å². The molecule has 0 saturated carbocycles. The van der Waals surface area contributed by atoms with Crippen LogP contribution in [0, 0.1) is 0 Å². The highest BCUT2D eigenvalue weighted by molar-refractivity contribution is 4.81. The summed E-state index contributed by atoms with van der Waals surface area (Å²) >= 11 is 0. The third-order valence-corrected chi connectivity index (χ3v) is 3.61. The van der Waals surface area contributed by atoms with Gasteiger partial charge in [-0.05, 0) is 19.4 Å². The summed E-state index contributed by atoms with van der Waals surface area (Å²) in [5.74, 6) is 0. The van der Waals surface area contributed by atoms with Crippen molar-refractivity contribution in [2.75, 3.05) is 45.8 Å². The van der Waals surface area contributed by atoms with E-state index in [-0.39, 0.29) is 0 Å². The molecular weight excluding hydrogens is 174 g/mol. The Hall–Kier alpha value is -0.120. The topological polar surface area (TPSA) is 20.6 Å². The molecule has 2 aliphatic rings. The van der Waals surface area contributed by atoms with Crippen LogP contribution in [-0.4, -0.2) is 61.7 Å². The summed E-state index contributed by atoms with van der Waals surface area (Å²) in [4.78, 5) is 5.23. The average Bonchev–Trinajstić information content (AvgIpc) is 2.30. The number of hydrogen-bond donors (Lipinski definition) is 0. The Morgan fingerprint density at radius 1 is 1.07 bits per heavy atom. The van der Waals surface area contributed by atoms with E-state index in [0.717, 1.165) is 19.1 Å². The molecule has 0 aromatic rings. The van der Waals surface area contributed by atoms with Crippen LogP contribution in [0.5, 0.6) is 0 Å². The maximum Gasteiger partial charge on any atom is 0.0148 e. The number of piperazine rings is 1. The van der Waals surface area contributed by atoms with Gasteiger partial charge in [0.25, 0.3) is 0 Å². The molecule has 2 rings (SSSR count). The molecule has 0 amide bonds. The lowest BCUT2D eigenvalue weighted by atomic mass is 10.0. The van der Waals surface area contributed by atoms with Crippen LogP contribution in [0.4, 0.5) is 0 Å². The van der Waals surface area contributed by atoms with Gasteiger partial charge in [-0.3, -0.25) is 4.90 Å². The summed E-state index contributed by atoms with van der Waals surface area (Å²) in [6.45, 7) is 10.8. The molecule has 0 aromatic carbocycles. The second kappa shape index (κ2) is 5.10. The van der Waals surface area contributed by atoms with Gasteiger partial charge >= 0.3 is 0 Å². The molecule has 0 N–H and O–H groups in total. The molecule has 2 heterocycles. The van der Waals surface area contributed by atoms with Gasteiger partial charge in [0.05, 0.1) is 0 Å². The second-order valence-electron chi connectivity index (χ2n) is 4.37. The number of nitrogens with zero attached hydrogens (tertiary/aromatic N) is 3. The molecule has 0 aliphatic carbocycles. The SMILES string of the molecule is CCN1CCN(C2CC[N]CC2)CC1. The maximum atomic E-state index is 4.42. The summed E-state index contributed by atoms with van der Waals surface area (Å²) in [6, 6.07) is 0.839. The molecule has 3 nitrogen and oxygen atoms in total. The molecule has 14 heavy (non-hydrogen) atoms. The monoisotopic (exact) mass is 196 g/mol. The zero-order chi connectivity index (χ0) is 9.80. The Labute approximate surface area is 87.4 Å². The Morgan fingerprint density at radius 3 is 2.29 bits per heavy atom. The second-order valence-corrected chi connectivity index (χ2v) is 4.37. The van der Waals surface area contributed by atoms with Crippen LogP contribution >= 0.6 is 0 Å². The van der Waals surface area contributed by atoms with Gasteiger partial charge in [-0.25, -0.2) is 5.32 Å². The van der Waals surface area contributed by atoms with E-state index in [1.54, 1.807) is 0 Å². The Kier molecular flexibility index (Phi) is 3.79.